The second-order valence-corrected chi connectivity index (χ2v) is 6.55. The first kappa shape index (κ1) is 16.3. The van der Waals surface area contributed by atoms with E-state index in [2.05, 4.69) is 5.32 Å². The number of para-hydroxylation sites is 2. The van der Waals surface area contributed by atoms with E-state index in [0.29, 0.717) is 18.9 Å². The van der Waals surface area contributed by atoms with Gasteiger partial charge >= 0.3 is 0 Å². The van der Waals surface area contributed by atoms with Crippen molar-refractivity contribution in [3.05, 3.63) is 24.3 Å². The smallest absolute Gasteiger partial charge is 0.227 e. The van der Waals surface area contributed by atoms with Gasteiger partial charge in [-0.05, 0) is 39.8 Å². The van der Waals surface area contributed by atoms with Gasteiger partial charge in [0.25, 0.3) is 0 Å². The summed E-state index contributed by atoms with van der Waals surface area (Å²) in [6, 6.07) is 7.44. The van der Waals surface area contributed by atoms with E-state index in [0.717, 1.165) is 5.69 Å². The van der Waals surface area contributed by atoms with Gasteiger partial charge in [0.15, 0.2) is 0 Å². The predicted octanol–water partition coefficient (Wildman–Crippen LogP) is 2.35. The fourth-order valence-corrected chi connectivity index (χ4v) is 2.55. The maximum absolute atomic E-state index is 12.3. The summed E-state index contributed by atoms with van der Waals surface area (Å²) in [6.07, 6.45) is 0.238. The minimum absolute atomic E-state index is 0.0405. The molecule has 1 fully saturated rings. The van der Waals surface area contributed by atoms with Crippen LogP contribution in [0.4, 0.5) is 5.69 Å². The monoisotopic (exact) mass is 304 g/mol. The van der Waals surface area contributed by atoms with Gasteiger partial charge < -0.3 is 15.0 Å². The third kappa shape index (κ3) is 3.78. The first-order valence-corrected chi connectivity index (χ1v) is 7.66. The molecule has 1 heterocycles. The minimum atomic E-state index is -0.318. The SMILES string of the molecule is CCOc1ccccc1N1C[C@H](C(=O)NC(C)(C)C)CC1=O. The molecule has 0 aromatic heterocycles. The van der Waals surface area contributed by atoms with Crippen molar-refractivity contribution in [1.29, 1.82) is 0 Å². The molecule has 5 heteroatoms. The topological polar surface area (TPSA) is 58.6 Å². The van der Waals surface area contributed by atoms with E-state index < -0.39 is 0 Å². The Hall–Kier alpha value is -2.04. The molecule has 1 atom stereocenters. The second-order valence-electron chi connectivity index (χ2n) is 6.55. The number of carbonyl (C=O) groups is 2. The Labute approximate surface area is 131 Å². The van der Waals surface area contributed by atoms with Gasteiger partial charge in [-0.1, -0.05) is 12.1 Å². The lowest BCUT2D eigenvalue weighted by molar-refractivity contribution is -0.127. The Balaban J connectivity index is 2.15. The molecule has 0 bridgehead atoms. The van der Waals surface area contributed by atoms with Crippen LogP contribution < -0.4 is 15.0 Å². The number of amides is 2. The van der Waals surface area contributed by atoms with Crippen LogP contribution in [-0.2, 0) is 9.59 Å². The molecule has 2 rings (SSSR count). The van der Waals surface area contributed by atoms with Gasteiger partial charge in [-0.2, -0.15) is 0 Å². The normalized spacial score (nSPS) is 18.5. The Morgan fingerprint density at radius 3 is 2.68 bits per heavy atom. The molecule has 1 aromatic rings. The van der Waals surface area contributed by atoms with Gasteiger partial charge in [0.1, 0.15) is 5.75 Å². The van der Waals surface area contributed by atoms with Gasteiger partial charge in [0, 0.05) is 18.5 Å². The number of anilines is 1. The first-order chi connectivity index (χ1) is 10.3. The maximum atomic E-state index is 12.3. The molecule has 0 unspecified atom stereocenters. The van der Waals surface area contributed by atoms with Crippen LogP contribution in [0.25, 0.3) is 0 Å². The molecule has 5 nitrogen and oxygen atoms in total. The summed E-state index contributed by atoms with van der Waals surface area (Å²) in [5, 5.41) is 2.94. The average Bonchev–Trinajstić information content (AvgIpc) is 2.80. The first-order valence-electron chi connectivity index (χ1n) is 7.66. The lowest BCUT2D eigenvalue weighted by atomic mass is 10.0. The Bertz CT molecular complexity index is 563. The standard InChI is InChI=1S/C17H24N2O3/c1-5-22-14-9-7-6-8-13(14)19-11-12(10-15(19)20)16(21)18-17(2,3)4/h6-9,12H,5,10-11H2,1-4H3,(H,18,21)/t12-/m1/s1. The van der Waals surface area contributed by atoms with Gasteiger partial charge in [-0.15, -0.1) is 0 Å². The maximum Gasteiger partial charge on any atom is 0.227 e. The summed E-state index contributed by atoms with van der Waals surface area (Å²) in [5.74, 6) is 0.245. The summed E-state index contributed by atoms with van der Waals surface area (Å²) in [6.45, 7) is 8.64. The van der Waals surface area contributed by atoms with Crippen molar-refractivity contribution in [2.24, 2.45) is 5.92 Å². The van der Waals surface area contributed by atoms with Crippen LogP contribution in [0.2, 0.25) is 0 Å². The Kier molecular flexibility index (Phi) is 4.74. The van der Waals surface area contributed by atoms with Gasteiger partial charge in [0.2, 0.25) is 11.8 Å². The van der Waals surface area contributed by atoms with E-state index in [1.807, 2.05) is 52.0 Å². The van der Waals surface area contributed by atoms with Crippen molar-refractivity contribution >= 4 is 17.5 Å². The van der Waals surface area contributed by atoms with E-state index in [1.165, 1.54) is 0 Å². The lowest BCUT2D eigenvalue weighted by Gasteiger charge is -2.23. The van der Waals surface area contributed by atoms with Crippen LogP contribution in [0.5, 0.6) is 5.75 Å². The molecular formula is C17H24N2O3. The van der Waals surface area contributed by atoms with Crippen LogP contribution >= 0.6 is 0 Å². The molecule has 120 valence electrons. The predicted molar refractivity (Wildman–Crippen MR) is 86.0 cm³/mol. The van der Waals surface area contributed by atoms with E-state index in [4.69, 9.17) is 4.74 Å². The van der Waals surface area contributed by atoms with Crippen molar-refractivity contribution in [2.45, 2.75) is 39.7 Å². The number of ether oxygens (including phenoxy) is 1. The Morgan fingerprint density at radius 1 is 1.36 bits per heavy atom. The van der Waals surface area contributed by atoms with Crippen molar-refractivity contribution in [1.82, 2.24) is 5.32 Å². The fraction of sp³-hybridized carbons (Fsp3) is 0.529. The summed E-state index contributed by atoms with van der Waals surface area (Å²) < 4.78 is 5.58. The van der Waals surface area contributed by atoms with Crippen LogP contribution in [0, 0.1) is 5.92 Å². The zero-order chi connectivity index (χ0) is 16.3. The van der Waals surface area contributed by atoms with Gasteiger partial charge in [0.05, 0.1) is 18.2 Å². The van der Waals surface area contributed by atoms with Crippen LogP contribution in [0.1, 0.15) is 34.1 Å². The summed E-state index contributed by atoms with van der Waals surface area (Å²) in [7, 11) is 0. The van der Waals surface area contributed by atoms with Gasteiger partial charge in [-0.25, -0.2) is 0 Å². The molecule has 22 heavy (non-hydrogen) atoms. The molecule has 0 radical (unpaired) electrons. The summed E-state index contributed by atoms with van der Waals surface area (Å²) in [5.41, 5.74) is 0.442. The lowest BCUT2D eigenvalue weighted by Crippen LogP contribution is -2.44. The molecular weight excluding hydrogens is 280 g/mol. The molecule has 1 aromatic carbocycles. The van der Waals surface area contributed by atoms with Crippen molar-refractivity contribution in [3.63, 3.8) is 0 Å². The average molecular weight is 304 g/mol. The van der Waals surface area contributed by atoms with Crippen LogP contribution in [-0.4, -0.2) is 30.5 Å². The summed E-state index contributed by atoms with van der Waals surface area (Å²) >= 11 is 0. The number of hydrogen-bond acceptors (Lipinski definition) is 3. The van der Waals surface area contributed by atoms with Crippen molar-refractivity contribution < 1.29 is 14.3 Å². The van der Waals surface area contributed by atoms with Crippen molar-refractivity contribution in [2.75, 3.05) is 18.1 Å². The number of rotatable bonds is 4. The van der Waals surface area contributed by atoms with Gasteiger partial charge in [-0.3, -0.25) is 9.59 Å². The third-order valence-electron chi connectivity index (χ3n) is 3.45. The highest BCUT2D eigenvalue weighted by atomic mass is 16.5. The van der Waals surface area contributed by atoms with Crippen LogP contribution in [0.15, 0.2) is 24.3 Å². The largest absolute Gasteiger partial charge is 0.492 e. The fourth-order valence-electron chi connectivity index (χ4n) is 2.55. The zero-order valence-electron chi connectivity index (χ0n) is 13.7. The highest BCUT2D eigenvalue weighted by Gasteiger charge is 2.37. The van der Waals surface area contributed by atoms with Crippen molar-refractivity contribution in [3.8, 4) is 5.75 Å². The number of nitrogens with zero attached hydrogens (tertiary/aromatic N) is 1. The molecule has 1 saturated heterocycles. The molecule has 1 aliphatic heterocycles. The zero-order valence-corrected chi connectivity index (χ0v) is 13.7. The molecule has 1 aliphatic rings. The van der Waals surface area contributed by atoms with E-state index in [1.54, 1.807) is 4.90 Å². The number of carbonyl (C=O) groups excluding carboxylic acids is 2. The minimum Gasteiger partial charge on any atom is -0.492 e. The number of nitrogens with one attached hydrogen (secondary N) is 1. The molecule has 0 aliphatic carbocycles. The van der Waals surface area contributed by atoms with E-state index in [-0.39, 0.29) is 29.7 Å². The third-order valence-corrected chi connectivity index (χ3v) is 3.45. The molecule has 2 amide bonds. The highest BCUT2D eigenvalue weighted by molar-refractivity contribution is 6.01. The molecule has 0 saturated carbocycles. The second kappa shape index (κ2) is 6.38. The molecule has 1 N–H and O–H groups in total. The van der Waals surface area contributed by atoms with Crippen LogP contribution in [0.3, 0.4) is 0 Å². The molecule has 0 spiro atoms. The number of hydrogen-bond donors (Lipinski definition) is 1. The number of benzene rings is 1. The quantitative estimate of drug-likeness (QED) is 0.929. The van der Waals surface area contributed by atoms with E-state index in [9.17, 15) is 9.59 Å². The summed E-state index contributed by atoms with van der Waals surface area (Å²) in [4.78, 5) is 26.2. The Morgan fingerprint density at radius 2 is 2.05 bits per heavy atom. The highest BCUT2D eigenvalue weighted by Crippen LogP contribution is 2.33. The van der Waals surface area contributed by atoms with E-state index >= 15 is 0 Å².